The number of carbonyl (C=O) groups excluding carboxylic acids is 1. The molecule has 0 saturated heterocycles. The SMILES string of the molecule is CCc1ncc(-c2ccc3c(c2)c(C(C)=O)nn3CC(=O)O)cn1. The number of ketones is 1. The predicted molar refractivity (Wildman–Crippen MR) is 87.8 cm³/mol. The van der Waals surface area contributed by atoms with Gasteiger partial charge in [-0.05, 0) is 17.7 Å². The third kappa shape index (κ3) is 2.88. The maximum Gasteiger partial charge on any atom is 0.325 e. The molecular weight excluding hydrogens is 308 g/mol. The van der Waals surface area contributed by atoms with Gasteiger partial charge in [0.05, 0.1) is 5.52 Å². The monoisotopic (exact) mass is 324 g/mol. The van der Waals surface area contributed by atoms with Crippen LogP contribution >= 0.6 is 0 Å². The number of Topliss-reactive ketones (excluding diaryl/α,β-unsaturated/α-hetero) is 1. The molecular formula is C17H16N4O3. The van der Waals surface area contributed by atoms with Gasteiger partial charge in [0.25, 0.3) is 0 Å². The van der Waals surface area contributed by atoms with Crippen molar-refractivity contribution in [3.05, 3.63) is 42.1 Å². The van der Waals surface area contributed by atoms with E-state index in [1.165, 1.54) is 11.6 Å². The number of carboxylic acids is 1. The Morgan fingerprint density at radius 2 is 1.88 bits per heavy atom. The van der Waals surface area contributed by atoms with Crippen LogP contribution in [0.2, 0.25) is 0 Å². The Hall–Kier alpha value is -3.09. The van der Waals surface area contributed by atoms with Gasteiger partial charge < -0.3 is 5.11 Å². The average molecular weight is 324 g/mol. The van der Waals surface area contributed by atoms with Gasteiger partial charge >= 0.3 is 5.97 Å². The summed E-state index contributed by atoms with van der Waals surface area (Å²) in [7, 11) is 0. The summed E-state index contributed by atoms with van der Waals surface area (Å²) in [6.07, 6.45) is 4.24. The van der Waals surface area contributed by atoms with Crippen molar-refractivity contribution in [3.8, 4) is 11.1 Å². The van der Waals surface area contributed by atoms with Gasteiger partial charge in [-0.25, -0.2) is 9.97 Å². The first-order valence-corrected chi connectivity index (χ1v) is 7.54. The Labute approximate surface area is 138 Å². The normalized spacial score (nSPS) is 10.9. The first-order chi connectivity index (χ1) is 11.5. The van der Waals surface area contributed by atoms with E-state index in [1.807, 2.05) is 19.1 Å². The lowest BCUT2D eigenvalue weighted by Gasteiger charge is -2.04. The van der Waals surface area contributed by atoms with Crippen LogP contribution in [-0.2, 0) is 17.8 Å². The number of rotatable bonds is 5. The fraction of sp³-hybridized carbons (Fsp3) is 0.235. The topological polar surface area (TPSA) is 98.0 Å². The lowest BCUT2D eigenvalue weighted by Crippen LogP contribution is -2.10. The van der Waals surface area contributed by atoms with Gasteiger partial charge in [-0.2, -0.15) is 5.10 Å². The van der Waals surface area contributed by atoms with E-state index in [0.29, 0.717) is 10.9 Å². The summed E-state index contributed by atoms with van der Waals surface area (Å²) >= 11 is 0. The Kier molecular flexibility index (Phi) is 4.07. The average Bonchev–Trinajstić information content (AvgIpc) is 2.92. The van der Waals surface area contributed by atoms with E-state index in [1.54, 1.807) is 18.5 Å². The lowest BCUT2D eigenvalue weighted by atomic mass is 10.0. The number of aryl methyl sites for hydroxylation is 1. The van der Waals surface area contributed by atoms with Crippen molar-refractivity contribution in [1.82, 2.24) is 19.7 Å². The van der Waals surface area contributed by atoms with Crippen molar-refractivity contribution >= 4 is 22.7 Å². The van der Waals surface area contributed by atoms with Crippen molar-refractivity contribution < 1.29 is 14.7 Å². The zero-order valence-corrected chi connectivity index (χ0v) is 13.4. The zero-order chi connectivity index (χ0) is 17.3. The molecule has 1 aromatic carbocycles. The van der Waals surface area contributed by atoms with Gasteiger partial charge in [0.1, 0.15) is 18.1 Å². The number of carboxylic acid groups (broad SMARTS) is 1. The molecule has 7 heteroatoms. The molecule has 1 N–H and O–H groups in total. The maximum absolute atomic E-state index is 11.8. The van der Waals surface area contributed by atoms with Crippen molar-refractivity contribution in [3.63, 3.8) is 0 Å². The molecule has 0 aliphatic carbocycles. The van der Waals surface area contributed by atoms with E-state index in [-0.39, 0.29) is 18.0 Å². The smallest absolute Gasteiger partial charge is 0.325 e. The van der Waals surface area contributed by atoms with Crippen LogP contribution in [0.25, 0.3) is 22.0 Å². The largest absolute Gasteiger partial charge is 0.480 e. The van der Waals surface area contributed by atoms with Crippen LogP contribution in [0.15, 0.2) is 30.6 Å². The third-order valence-corrected chi connectivity index (χ3v) is 3.72. The summed E-state index contributed by atoms with van der Waals surface area (Å²) in [5, 5.41) is 13.8. The second-order valence-electron chi connectivity index (χ2n) is 5.43. The molecule has 0 atom stereocenters. The minimum atomic E-state index is -1.01. The number of hydrogen-bond donors (Lipinski definition) is 1. The summed E-state index contributed by atoms with van der Waals surface area (Å²) in [6, 6.07) is 5.43. The van der Waals surface area contributed by atoms with Crippen LogP contribution < -0.4 is 0 Å². The Morgan fingerprint density at radius 1 is 1.17 bits per heavy atom. The van der Waals surface area contributed by atoms with Gasteiger partial charge in [0, 0.05) is 36.7 Å². The number of fused-ring (bicyclic) bond motifs is 1. The summed E-state index contributed by atoms with van der Waals surface area (Å²) in [6.45, 7) is 3.10. The second-order valence-corrected chi connectivity index (χ2v) is 5.43. The highest BCUT2D eigenvalue weighted by Gasteiger charge is 2.16. The van der Waals surface area contributed by atoms with Crippen LogP contribution in [0, 0.1) is 0 Å². The molecule has 24 heavy (non-hydrogen) atoms. The second kappa shape index (κ2) is 6.19. The Morgan fingerprint density at radius 3 is 2.46 bits per heavy atom. The van der Waals surface area contributed by atoms with Crippen LogP contribution in [0.4, 0.5) is 0 Å². The fourth-order valence-electron chi connectivity index (χ4n) is 2.55. The van der Waals surface area contributed by atoms with Crippen LogP contribution in [-0.4, -0.2) is 36.6 Å². The van der Waals surface area contributed by atoms with Crippen molar-refractivity contribution in [2.45, 2.75) is 26.8 Å². The molecule has 0 saturated carbocycles. The highest BCUT2D eigenvalue weighted by molar-refractivity contribution is 6.06. The molecule has 0 unspecified atom stereocenters. The summed E-state index contributed by atoms with van der Waals surface area (Å²) in [4.78, 5) is 31.4. The van der Waals surface area contributed by atoms with Gasteiger partial charge in [-0.3, -0.25) is 14.3 Å². The van der Waals surface area contributed by atoms with E-state index in [2.05, 4.69) is 15.1 Å². The summed E-state index contributed by atoms with van der Waals surface area (Å²) in [5.41, 5.74) is 2.55. The lowest BCUT2D eigenvalue weighted by molar-refractivity contribution is -0.137. The van der Waals surface area contributed by atoms with Crippen molar-refractivity contribution in [2.75, 3.05) is 0 Å². The summed E-state index contributed by atoms with van der Waals surface area (Å²) in [5.74, 6) is -0.459. The van der Waals surface area contributed by atoms with E-state index >= 15 is 0 Å². The molecule has 2 aromatic heterocycles. The van der Waals surface area contributed by atoms with Crippen molar-refractivity contribution in [2.24, 2.45) is 0 Å². The molecule has 2 heterocycles. The van der Waals surface area contributed by atoms with E-state index in [9.17, 15) is 9.59 Å². The first-order valence-electron chi connectivity index (χ1n) is 7.54. The molecule has 0 fully saturated rings. The number of nitrogens with zero attached hydrogens (tertiary/aromatic N) is 4. The molecule has 7 nitrogen and oxygen atoms in total. The number of hydrogen-bond acceptors (Lipinski definition) is 5. The Bertz CT molecular complexity index is 929. The minimum Gasteiger partial charge on any atom is -0.480 e. The van der Waals surface area contributed by atoms with Gasteiger partial charge in [-0.1, -0.05) is 13.0 Å². The van der Waals surface area contributed by atoms with Crippen molar-refractivity contribution in [1.29, 1.82) is 0 Å². The number of aromatic nitrogens is 4. The fourth-order valence-corrected chi connectivity index (χ4v) is 2.55. The standard InChI is InChI=1S/C17H16N4O3/c1-3-15-18-7-12(8-19-15)11-4-5-14-13(6-11)17(10(2)22)20-21(14)9-16(23)24/h4-8H,3,9H2,1-2H3,(H,23,24). The van der Waals surface area contributed by atoms with Gasteiger partial charge in [0.15, 0.2) is 5.78 Å². The highest BCUT2D eigenvalue weighted by Crippen LogP contribution is 2.26. The van der Waals surface area contributed by atoms with E-state index < -0.39 is 5.97 Å². The van der Waals surface area contributed by atoms with Gasteiger partial charge in [-0.15, -0.1) is 0 Å². The molecule has 122 valence electrons. The number of aliphatic carboxylic acids is 1. The Balaban J connectivity index is 2.13. The molecule has 0 radical (unpaired) electrons. The van der Waals surface area contributed by atoms with Gasteiger partial charge in [0.2, 0.25) is 0 Å². The molecule has 0 aliphatic rings. The van der Waals surface area contributed by atoms with E-state index in [0.717, 1.165) is 23.4 Å². The zero-order valence-electron chi connectivity index (χ0n) is 13.4. The number of carbonyl (C=O) groups is 2. The molecule has 0 bridgehead atoms. The third-order valence-electron chi connectivity index (χ3n) is 3.72. The maximum atomic E-state index is 11.8. The quantitative estimate of drug-likeness (QED) is 0.723. The molecule has 0 amide bonds. The highest BCUT2D eigenvalue weighted by atomic mass is 16.4. The molecule has 3 rings (SSSR count). The van der Waals surface area contributed by atoms with E-state index in [4.69, 9.17) is 5.11 Å². The summed E-state index contributed by atoms with van der Waals surface area (Å²) < 4.78 is 1.33. The molecule has 0 aliphatic heterocycles. The molecule has 3 aromatic rings. The number of benzene rings is 1. The van der Waals surface area contributed by atoms with Crippen LogP contribution in [0.1, 0.15) is 30.2 Å². The van der Waals surface area contributed by atoms with Crippen LogP contribution in [0.3, 0.4) is 0 Å². The predicted octanol–water partition coefficient (Wildman–Crippen LogP) is 2.34. The first kappa shape index (κ1) is 15.8. The van der Waals surface area contributed by atoms with Crippen LogP contribution in [0.5, 0.6) is 0 Å². The minimum absolute atomic E-state index is 0.209. The molecule has 0 spiro atoms.